The Morgan fingerprint density at radius 2 is 0.758 bits per heavy atom. The second kappa shape index (κ2) is 11.9. The van der Waals surface area contributed by atoms with E-state index in [4.69, 9.17) is 93.1 Å². The second-order valence-corrected chi connectivity index (χ2v) is 9.95. The van der Waals surface area contributed by atoms with E-state index in [-0.39, 0.29) is 44.0 Å². The maximum Gasteiger partial charge on any atom is 0.210 e. The molecule has 0 aromatic heterocycles. The molecule has 4 aliphatic heterocycles. The van der Waals surface area contributed by atoms with E-state index >= 15 is 0 Å². The lowest BCUT2D eigenvalue weighted by molar-refractivity contribution is -1.10. The van der Waals surface area contributed by atoms with Crippen LogP contribution in [0.2, 0.25) is 0 Å². The Balaban J connectivity index is 1.66. The summed E-state index contributed by atoms with van der Waals surface area (Å²) < 4.78 is 45.5. The smallest absolute Gasteiger partial charge is 0.210 e. The van der Waals surface area contributed by atoms with Crippen LogP contribution in [0, 0.1) is 0 Å². The Bertz CT molecular complexity index is 592. The van der Waals surface area contributed by atoms with Gasteiger partial charge in [0, 0.05) is 0 Å². The van der Waals surface area contributed by atoms with Gasteiger partial charge in [-0.05, 0) is 0 Å². The molecule has 4 aliphatic rings. The summed E-state index contributed by atoms with van der Waals surface area (Å²) in [5, 5.41) is 0. The molecule has 0 N–H and O–H groups in total. The first-order valence-corrected chi connectivity index (χ1v) is 12.4. The van der Waals surface area contributed by atoms with Gasteiger partial charge in [0.15, 0.2) is 31.7 Å². The topological polar surface area (TPSA) is 87.9 Å². The third kappa shape index (κ3) is 6.69. The fraction of sp³-hybridized carbons (Fsp3) is 0.889. The molecular weight excluding hydrogens is 514 g/mol. The first-order valence-electron chi connectivity index (χ1n) is 10.8. The number of ether oxygens (including phenoxy) is 8. The Kier molecular flexibility index (Phi) is 9.50. The molecule has 4 rings (SSSR count). The van der Waals surface area contributed by atoms with Gasteiger partial charge in [-0.15, -0.1) is 9.18 Å². The van der Waals surface area contributed by atoms with E-state index in [0.29, 0.717) is 52.9 Å². The Hall–Kier alpha value is 0.180. The van der Waals surface area contributed by atoms with E-state index in [1.54, 1.807) is 0 Å². The molecule has 0 aliphatic carbocycles. The zero-order valence-corrected chi connectivity index (χ0v) is 21.3. The number of nitrogens with zero attached hydrogens (tertiary/aromatic N) is 3. The van der Waals surface area contributed by atoms with E-state index < -0.39 is 25.2 Å². The van der Waals surface area contributed by atoms with Crippen LogP contribution in [0.1, 0.15) is 0 Å². The van der Waals surface area contributed by atoms with Gasteiger partial charge in [0.1, 0.15) is 0 Å². The van der Waals surface area contributed by atoms with Gasteiger partial charge in [0.05, 0.1) is 61.5 Å². The number of thiocarbonyl (C=S) groups is 2. The first kappa shape index (κ1) is 26.2. The number of rotatable bonds is 10. The van der Waals surface area contributed by atoms with Crippen LogP contribution in [-0.2, 0) is 63.2 Å². The molecule has 187 valence electrons. The molecule has 0 aromatic carbocycles. The Morgan fingerprint density at radius 3 is 0.939 bits per heavy atom. The van der Waals surface area contributed by atoms with Gasteiger partial charge in [0.25, 0.3) is 0 Å². The highest BCUT2D eigenvalue weighted by molar-refractivity contribution is 8.00. The largest absolute Gasteiger partial charge is 0.368 e. The molecule has 0 amide bonds. The average Bonchev–Trinajstić information content (AvgIpc) is 3.57. The highest BCUT2D eigenvalue weighted by Gasteiger charge is 2.51. The van der Waals surface area contributed by atoms with Crippen LogP contribution in [0.15, 0.2) is 0 Å². The van der Waals surface area contributed by atoms with Crippen molar-refractivity contribution >= 4 is 58.3 Å². The summed E-state index contributed by atoms with van der Waals surface area (Å²) in [4.78, 5) is 0. The van der Waals surface area contributed by atoms with Gasteiger partial charge >= 0.3 is 0 Å². The van der Waals surface area contributed by atoms with Crippen LogP contribution in [0.4, 0.5) is 0 Å². The van der Waals surface area contributed by atoms with Crippen molar-refractivity contribution in [1.82, 2.24) is 5.53 Å². The zero-order valence-electron chi connectivity index (χ0n) is 18.0. The zero-order chi connectivity index (χ0) is 23.3. The predicted octanol–water partition coefficient (Wildman–Crippen LogP) is -0.790. The normalized spacial score (nSPS) is 24.2. The van der Waals surface area contributed by atoms with Gasteiger partial charge in [-0.2, -0.15) is 0 Å². The van der Waals surface area contributed by atoms with E-state index in [9.17, 15) is 0 Å². The van der Waals surface area contributed by atoms with Gasteiger partial charge < -0.3 is 87.6 Å². The molecule has 33 heavy (non-hydrogen) atoms. The van der Waals surface area contributed by atoms with Crippen LogP contribution >= 0.6 is 24.4 Å². The minimum absolute atomic E-state index is 0.156. The van der Waals surface area contributed by atoms with Crippen molar-refractivity contribution < 1.29 is 47.1 Å². The van der Waals surface area contributed by atoms with E-state index in [1.165, 1.54) is 0 Å². The quantitative estimate of drug-likeness (QED) is 0.150. The molecule has 0 aromatic rings. The van der Waals surface area contributed by atoms with E-state index in [0.717, 1.165) is 0 Å². The van der Waals surface area contributed by atoms with Crippen molar-refractivity contribution in [3.8, 4) is 0 Å². The van der Waals surface area contributed by atoms with Crippen LogP contribution < -0.4 is 5.53 Å². The molecule has 0 spiro atoms. The van der Waals surface area contributed by atoms with Crippen molar-refractivity contribution in [2.75, 3.05) is 79.0 Å². The molecule has 0 atom stereocenters. The first-order chi connectivity index (χ1) is 15.9. The molecule has 0 bridgehead atoms. The molecule has 4 heterocycles. The lowest BCUT2D eigenvalue weighted by atomic mass is 10.4. The fourth-order valence-electron chi connectivity index (χ4n) is 4.03. The van der Waals surface area contributed by atoms with Gasteiger partial charge in [-0.3, -0.25) is 0 Å². The van der Waals surface area contributed by atoms with Crippen LogP contribution in [0.3, 0.4) is 0 Å². The molecule has 4 saturated heterocycles. The number of hydrogen-bond donors (Lipinski definition) is 0. The summed E-state index contributed by atoms with van der Waals surface area (Å²) in [5.41, 5.74) is 5.14. The summed E-state index contributed by atoms with van der Waals surface area (Å²) in [6, 6.07) is 0. The van der Waals surface area contributed by atoms with Crippen molar-refractivity contribution in [1.29, 1.82) is 0 Å². The fourth-order valence-corrected chi connectivity index (χ4v) is 4.77. The van der Waals surface area contributed by atoms with Crippen molar-refractivity contribution in [2.24, 2.45) is 0 Å². The third-order valence-electron chi connectivity index (χ3n) is 5.59. The van der Waals surface area contributed by atoms with Crippen LogP contribution in [-0.4, -0.2) is 122 Å². The van der Waals surface area contributed by atoms with Crippen LogP contribution in [0.25, 0.3) is 0 Å². The molecule has 1 radical (unpaired) electrons. The van der Waals surface area contributed by atoms with Gasteiger partial charge in [-0.25, -0.2) is 0 Å². The second-order valence-electron chi connectivity index (χ2n) is 7.88. The Labute approximate surface area is 214 Å². The highest BCUT2D eigenvalue weighted by atomic mass is 32.1. The van der Waals surface area contributed by atoms with Crippen LogP contribution in [0.5, 0.6) is 0 Å². The van der Waals surface area contributed by atoms with Gasteiger partial charge in [0.2, 0.25) is 25.2 Å². The van der Waals surface area contributed by atoms with E-state index in [2.05, 4.69) is 0 Å². The molecule has 0 unspecified atom stereocenters. The number of hydrogen-bond acceptors (Lipinski definition) is 12. The number of quaternary nitrogens is 2. The third-order valence-corrected chi connectivity index (χ3v) is 6.95. The highest BCUT2D eigenvalue weighted by Crippen LogP contribution is 2.25. The standard InChI is InChI=1S/C18H30N3O8S4/c30-17(31)20(9-13-22-1-2-23-13,10-14-24-3-4-25-14)19-21(18(32)33,11-15-26-5-6-27-15)12-16-28-7-8-29-16/h13-16H,1-12H2,(H,30,31)(H,32,33)/q+2/p-2. The summed E-state index contributed by atoms with van der Waals surface area (Å²) in [7, 11) is 0. The average molecular weight is 543 g/mol. The summed E-state index contributed by atoms with van der Waals surface area (Å²) in [6.07, 6.45) is -2.24. The molecular formula is C18H28N3O8S4. The van der Waals surface area contributed by atoms with E-state index in [1.807, 2.05) is 0 Å². The lowest BCUT2D eigenvalue weighted by Crippen LogP contribution is -2.75. The Morgan fingerprint density at radius 1 is 0.545 bits per heavy atom. The predicted molar refractivity (Wildman–Crippen MR) is 125 cm³/mol. The molecule has 0 saturated carbocycles. The maximum atomic E-state index is 5.71. The minimum atomic E-state index is -0.561. The summed E-state index contributed by atoms with van der Waals surface area (Å²) in [5.74, 6) is 0. The SMILES string of the molecule is S=C([S-])[N+](CC1OCCO1)(CC1OCCO1)[N][N+](CC1OCCO1)(CC1OCCO1)C(=S)[S-]. The minimum Gasteiger partial charge on any atom is -0.368 e. The van der Waals surface area contributed by atoms with Crippen molar-refractivity contribution in [2.45, 2.75) is 25.2 Å². The molecule has 4 fully saturated rings. The monoisotopic (exact) mass is 542 g/mol. The van der Waals surface area contributed by atoms with Crippen molar-refractivity contribution in [3.63, 3.8) is 0 Å². The summed E-state index contributed by atoms with van der Waals surface area (Å²) >= 11 is 22.3. The summed E-state index contributed by atoms with van der Waals surface area (Å²) in [6.45, 7) is 4.61. The van der Waals surface area contributed by atoms with Crippen molar-refractivity contribution in [3.05, 3.63) is 0 Å². The lowest BCUT2D eigenvalue weighted by Gasteiger charge is -2.46. The molecule has 15 heteroatoms. The molecule has 11 nitrogen and oxygen atoms in total. The van der Waals surface area contributed by atoms with Gasteiger partial charge in [-0.1, -0.05) is 0 Å². The maximum absolute atomic E-state index is 5.71.